The van der Waals surface area contributed by atoms with Gasteiger partial charge in [0.1, 0.15) is 0 Å². The summed E-state index contributed by atoms with van der Waals surface area (Å²) in [6.45, 7) is 7.01. The molecular formula is C27H34N2O2. The van der Waals surface area contributed by atoms with E-state index in [0.717, 1.165) is 17.1 Å². The van der Waals surface area contributed by atoms with Crippen molar-refractivity contribution in [1.29, 1.82) is 0 Å². The van der Waals surface area contributed by atoms with Crippen molar-refractivity contribution in [3.05, 3.63) is 42.0 Å². The first-order valence-electron chi connectivity index (χ1n) is 11.7. The first-order chi connectivity index (χ1) is 15.0. The zero-order valence-electron chi connectivity index (χ0n) is 19.3. The lowest BCUT2D eigenvalue weighted by Crippen LogP contribution is -2.57. The minimum atomic E-state index is 0.410. The molecular weight excluding hydrogens is 384 g/mol. The van der Waals surface area contributed by atoms with Crippen molar-refractivity contribution >= 4 is 16.6 Å². The van der Waals surface area contributed by atoms with Crippen LogP contribution in [0.3, 0.4) is 0 Å². The summed E-state index contributed by atoms with van der Waals surface area (Å²) in [5.74, 6) is 1.92. The third-order valence-corrected chi connectivity index (χ3v) is 7.40. The third kappa shape index (κ3) is 3.46. The molecule has 1 N–H and O–H groups in total. The SMILES string of the molecule is COc1ccc(-c2[nH]c3ccc(N4CC5(CCCCC5)C4)cc3c2C(C)C)cc1OC. The number of ether oxygens (including phenoxy) is 2. The predicted molar refractivity (Wildman–Crippen MR) is 129 cm³/mol. The molecule has 164 valence electrons. The van der Waals surface area contributed by atoms with Gasteiger partial charge in [-0.25, -0.2) is 0 Å². The Labute approximate surface area is 185 Å². The first kappa shape index (κ1) is 20.3. The van der Waals surface area contributed by atoms with Crippen LogP contribution in [-0.2, 0) is 0 Å². The number of benzene rings is 2. The van der Waals surface area contributed by atoms with Gasteiger partial charge < -0.3 is 19.4 Å². The fourth-order valence-corrected chi connectivity index (χ4v) is 5.78. The van der Waals surface area contributed by atoms with Gasteiger partial charge in [-0.05, 0) is 60.7 Å². The van der Waals surface area contributed by atoms with Crippen LogP contribution in [0.2, 0.25) is 0 Å². The zero-order valence-corrected chi connectivity index (χ0v) is 19.3. The number of methoxy groups -OCH3 is 2. The van der Waals surface area contributed by atoms with Gasteiger partial charge in [-0.2, -0.15) is 0 Å². The fraction of sp³-hybridized carbons (Fsp3) is 0.481. The predicted octanol–water partition coefficient (Wildman–Crippen LogP) is 6.75. The van der Waals surface area contributed by atoms with Gasteiger partial charge in [-0.15, -0.1) is 0 Å². The Morgan fingerprint density at radius 3 is 2.32 bits per heavy atom. The van der Waals surface area contributed by atoms with E-state index < -0.39 is 0 Å². The van der Waals surface area contributed by atoms with Crippen molar-refractivity contribution in [1.82, 2.24) is 4.98 Å². The van der Waals surface area contributed by atoms with Crippen LogP contribution < -0.4 is 14.4 Å². The number of H-pyrrole nitrogens is 1. The van der Waals surface area contributed by atoms with Crippen molar-refractivity contribution < 1.29 is 9.47 Å². The smallest absolute Gasteiger partial charge is 0.161 e. The lowest BCUT2D eigenvalue weighted by Gasteiger charge is -2.53. The van der Waals surface area contributed by atoms with Gasteiger partial charge in [0, 0.05) is 40.7 Å². The minimum absolute atomic E-state index is 0.410. The molecule has 1 spiro atoms. The number of nitrogens with zero attached hydrogens (tertiary/aromatic N) is 1. The number of hydrogen-bond acceptors (Lipinski definition) is 3. The Morgan fingerprint density at radius 2 is 1.65 bits per heavy atom. The fourth-order valence-electron chi connectivity index (χ4n) is 5.78. The topological polar surface area (TPSA) is 37.5 Å². The quantitative estimate of drug-likeness (QED) is 0.498. The maximum absolute atomic E-state index is 5.55. The second-order valence-electron chi connectivity index (χ2n) is 9.78. The number of hydrogen-bond donors (Lipinski definition) is 1. The second-order valence-corrected chi connectivity index (χ2v) is 9.78. The molecule has 0 bridgehead atoms. The molecule has 2 aromatic carbocycles. The number of aromatic amines is 1. The summed E-state index contributed by atoms with van der Waals surface area (Å²) in [4.78, 5) is 6.28. The van der Waals surface area contributed by atoms with E-state index in [2.05, 4.69) is 54.1 Å². The Hall–Kier alpha value is -2.62. The average molecular weight is 419 g/mol. The summed E-state index contributed by atoms with van der Waals surface area (Å²) < 4.78 is 11.0. The summed E-state index contributed by atoms with van der Waals surface area (Å²) in [6, 6.07) is 13.1. The Morgan fingerprint density at radius 1 is 0.903 bits per heavy atom. The molecule has 1 aliphatic heterocycles. The molecule has 1 aliphatic carbocycles. The van der Waals surface area contributed by atoms with E-state index in [-0.39, 0.29) is 0 Å². The Balaban J connectivity index is 1.52. The van der Waals surface area contributed by atoms with Crippen LogP contribution in [0.1, 0.15) is 57.4 Å². The van der Waals surface area contributed by atoms with Crippen LogP contribution in [0, 0.1) is 5.41 Å². The standard InChI is InChI=1S/C27H34N2O2/c1-18(2)25-21-15-20(29-16-27(17-29)12-6-5-7-13-27)9-10-22(21)28-26(25)19-8-11-23(30-3)24(14-19)31-4/h8-11,14-15,18,28H,5-7,12-13,16-17H2,1-4H3. The highest BCUT2D eigenvalue weighted by atomic mass is 16.5. The van der Waals surface area contributed by atoms with Crippen LogP contribution >= 0.6 is 0 Å². The molecule has 0 amide bonds. The monoisotopic (exact) mass is 418 g/mol. The van der Waals surface area contributed by atoms with Gasteiger partial charge in [-0.3, -0.25) is 0 Å². The zero-order chi connectivity index (χ0) is 21.6. The highest BCUT2D eigenvalue weighted by Crippen LogP contribution is 2.46. The molecule has 0 unspecified atom stereocenters. The molecule has 0 atom stereocenters. The van der Waals surface area contributed by atoms with Gasteiger partial charge in [0.05, 0.1) is 19.9 Å². The summed E-state index contributed by atoms with van der Waals surface area (Å²) >= 11 is 0. The van der Waals surface area contributed by atoms with Crippen LogP contribution in [0.25, 0.3) is 22.2 Å². The molecule has 31 heavy (non-hydrogen) atoms. The maximum Gasteiger partial charge on any atom is 0.161 e. The lowest BCUT2D eigenvalue weighted by atomic mass is 9.68. The van der Waals surface area contributed by atoms with Gasteiger partial charge in [0.15, 0.2) is 11.5 Å². The first-order valence-corrected chi connectivity index (χ1v) is 11.7. The van der Waals surface area contributed by atoms with Crippen molar-refractivity contribution in [2.45, 2.75) is 51.9 Å². The minimum Gasteiger partial charge on any atom is -0.493 e. The number of aromatic nitrogens is 1. The molecule has 2 aliphatic rings. The maximum atomic E-state index is 5.55. The molecule has 4 nitrogen and oxygen atoms in total. The Kier molecular flexibility index (Phi) is 5.11. The molecule has 3 aromatic rings. The van der Waals surface area contributed by atoms with Crippen LogP contribution in [0.5, 0.6) is 11.5 Å². The molecule has 1 saturated heterocycles. The Bertz CT molecular complexity index is 1080. The molecule has 4 heteroatoms. The summed E-state index contributed by atoms with van der Waals surface area (Å²) in [6.07, 6.45) is 7.08. The van der Waals surface area contributed by atoms with Crippen molar-refractivity contribution in [2.24, 2.45) is 5.41 Å². The number of nitrogens with one attached hydrogen (secondary N) is 1. The molecule has 2 heterocycles. The van der Waals surface area contributed by atoms with Crippen molar-refractivity contribution in [2.75, 3.05) is 32.2 Å². The molecule has 2 fully saturated rings. The van der Waals surface area contributed by atoms with E-state index in [1.165, 1.54) is 73.0 Å². The molecule has 0 radical (unpaired) electrons. The van der Waals surface area contributed by atoms with E-state index in [4.69, 9.17) is 9.47 Å². The highest BCUT2D eigenvalue weighted by molar-refractivity contribution is 5.94. The summed E-state index contributed by atoms with van der Waals surface area (Å²) in [7, 11) is 3.36. The normalized spacial score (nSPS) is 17.9. The van der Waals surface area contributed by atoms with Gasteiger partial charge in [-0.1, -0.05) is 33.1 Å². The van der Waals surface area contributed by atoms with Gasteiger partial charge >= 0.3 is 0 Å². The van der Waals surface area contributed by atoms with E-state index in [1.807, 2.05) is 6.07 Å². The van der Waals surface area contributed by atoms with Gasteiger partial charge in [0.25, 0.3) is 0 Å². The van der Waals surface area contributed by atoms with E-state index >= 15 is 0 Å². The lowest BCUT2D eigenvalue weighted by molar-refractivity contribution is 0.139. The molecule has 1 saturated carbocycles. The van der Waals surface area contributed by atoms with E-state index in [0.29, 0.717) is 11.3 Å². The summed E-state index contributed by atoms with van der Waals surface area (Å²) in [5, 5.41) is 1.34. The number of fused-ring (bicyclic) bond motifs is 1. The number of rotatable bonds is 5. The van der Waals surface area contributed by atoms with Crippen LogP contribution in [0.15, 0.2) is 36.4 Å². The number of anilines is 1. The largest absolute Gasteiger partial charge is 0.493 e. The van der Waals surface area contributed by atoms with E-state index in [1.54, 1.807) is 14.2 Å². The van der Waals surface area contributed by atoms with Crippen LogP contribution in [0.4, 0.5) is 5.69 Å². The van der Waals surface area contributed by atoms with E-state index in [9.17, 15) is 0 Å². The third-order valence-electron chi connectivity index (χ3n) is 7.40. The second kappa shape index (κ2) is 7.81. The van der Waals surface area contributed by atoms with Crippen molar-refractivity contribution in [3.8, 4) is 22.8 Å². The molecule has 1 aromatic heterocycles. The molecule has 5 rings (SSSR count). The summed E-state index contributed by atoms with van der Waals surface area (Å²) in [5.41, 5.74) is 6.84. The highest BCUT2D eigenvalue weighted by Gasteiger charge is 2.43. The van der Waals surface area contributed by atoms with Crippen molar-refractivity contribution in [3.63, 3.8) is 0 Å². The average Bonchev–Trinajstić information content (AvgIpc) is 3.16. The van der Waals surface area contributed by atoms with Crippen LogP contribution in [-0.4, -0.2) is 32.3 Å². The van der Waals surface area contributed by atoms with Gasteiger partial charge in [0.2, 0.25) is 0 Å².